The Balaban J connectivity index is 2.26. The highest BCUT2D eigenvalue weighted by molar-refractivity contribution is 7.91. The monoisotopic (exact) mass is 370 g/mol. The van der Waals surface area contributed by atoms with Crippen LogP contribution < -0.4 is 4.74 Å². The van der Waals surface area contributed by atoms with Crippen LogP contribution in [0, 0.1) is 11.7 Å². The number of hydrogen-bond donors (Lipinski definition) is 0. The average Bonchev–Trinajstić information content (AvgIpc) is 3.42. The Morgan fingerprint density at radius 1 is 1.20 bits per heavy atom. The molecule has 1 fully saturated rings. The quantitative estimate of drug-likeness (QED) is 0.557. The zero-order valence-electron chi connectivity index (χ0n) is 15.7. The van der Waals surface area contributed by atoms with Gasteiger partial charge in [0.2, 0.25) is 0 Å². The number of ether oxygens (including phenoxy) is 1. The van der Waals surface area contributed by atoms with E-state index in [1.165, 1.54) is 6.07 Å². The summed E-state index contributed by atoms with van der Waals surface area (Å²) in [7, 11) is -3.15. The molecule has 0 unspecified atom stereocenters. The topological polar surface area (TPSA) is 43.4 Å². The summed E-state index contributed by atoms with van der Waals surface area (Å²) in [5.41, 5.74) is 0.377. The molecule has 0 aromatic heterocycles. The van der Waals surface area contributed by atoms with Gasteiger partial charge in [-0.25, -0.2) is 12.8 Å². The Hall–Kier alpha value is -1.10. The average molecular weight is 371 g/mol. The highest BCUT2D eigenvalue weighted by Gasteiger charge is 2.34. The van der Waals surface area contributed by atoms with E-state index in [-0.39, 0.29) is 23.1 Å². The first-order valence-corrected chi connectivity index (χ1v) is 11.3. The highest BCUT2D eigenvalue weighted by Crippen LogP contribution is 2.37. The fourth-order valence-electron chi connectivity index (χ4n) is 3.24. The van der Waals surface area contributed by atoms with Crippen LogP contribution >= 0.6 is 0 Å². The maximum atomic E-state index is 14.1. The molecular formula is C20H31FO3S. The van der Waals surface area contributed by atoms with Crippen molar-refractivity contribution in [3.63, 3.8) is 0 Å². The molecule has 3 nitrogen and oxygen atoms in total. The predicted octanol–water partition coefficient (Wildman–Crippen LogP) is 4.89. The molecule has 1 aliphatic rings. The first-order valence-electron chi connectivity index (χ1n) is 9.49. The number of unbranched alkanes of at least 4 members (excludes halogenated alkanes) is 1. The van der Waals surface area contributed by atoms with Crippen LogP contribution in [-0.4, -0.2) is 26.5 Å². The summed E-state index contributed by atoms with van der Waals surface area (Å²) < 4.78 is 44.9. The molecule has 2 rings (SSSR count). The smallest absolute Gasteiger partial charge is 0.165 e. The molecule has 0 radical (unpaired) electrons. The van der Waals surface area contributed by atoms with Gasteiger partial charge in [-0.1, -0.05) is 33.3 Å². The van der Waals surface area contributed by atoms with E-state index < -0.39 is 15.3 Å². The summed E-state index contributed by atoms with van der Waals surface area (Å²) in [6, 6.07) is 4.86. The van der Waals surface area contributed by atoms with Crippen molar-refractivity contribution in [3.05, 3.63) is 29.6 Å². The molecular weight excluding hydrogens is 339 g/mol. The second-order valence-corrected chi connectivity index (χ2v) is 9.52. The van der Waals surface area contributed by atoms with Crippen LogP contribution in [0.2, 0.25) is 0 Å². The second-order valence-electron chi connectivity index (χ2n) is 7.33. The molecule has 0 amide bonds. The molecule has 0 saturated heterocycles. The summed E-state index contributed by atoms with van der Waals surface area (Å²) in [6.07, 6.45) is 5.23. The molecule has 25 heavy (non-hydrogen) atoms. The SMILES string of the molecule is CCCCS(=O)(=O)CC(CC)(CC)c1ccc(F)c(OCC2CC2)c1. The number of halogens is 1. The van der Waals surface area contributed by atoms with Crippen molar-refractivity contribution in [2.24, 2.45) is 5.92 Å². The van der Waals surface area contributed by atoms with Gasteiger partial charge in [-0.15, -0.1) is 0 Å². The van der Waals surface area contributed by atoms with E-state index in [0.717, 1.165) is 24.8 Å². The van der Waals surface area contributed by atoms with Crippen molar-refractivity contribution in [2.75, 3.05) is 18.1 Å². The van der Waals surface area contributed by atoms with E-state index in [4.69, 9.17) is 4.74 Å². The predicted molar refractivity (Wildman–Crippen MR) is 100 cm³/mol. The van der Waals surface area contributed by atoms with Gasteiger partial charge in [0.05, 0.1) is 18.1 Å². The third kappa shape index (κ3) is 5.44. The zero-order valence-corrected chi connectivity index (χ0v) is 16.5. The van der Waals surface area contributed by atoms with Crippen molar-refractivity contribution >= 4 is 9.84 Å². The lowest BCUT2D eigenvalue weighted by molar-refractivity contribution is 0.284. The number of benzene rings is 1. The third-order valence-electron chi connectivity index (χ3n) is 5.37. The fourth-order valence-corrected chi connectivity index (χ4v) is 5.53. The van der Waals surface area contributed by atoms with Crippen molar-refractivity contribution in [3.8, 4) is 5.75 Å². The molecule has 1 aromatic carbocycles. The highest BCUT2D eigenvalue weighted by atomic mass is 32.2. The molecule has 1 aliphatic carbocycles. The maximum Gasteiger partial charge on any atom is 0.165 e. The Kier molecular flexibility index (Phi) is 6.89. The van der Waals surface area contributed by atoms with Gasteiger partial charge in [0, 0.05) is 5.41 Å². The Morgan fingerprint density at radius 2 is 1.88 bits per heavy atom. The zero-order chi connectivity index (χ0) is 18.5. The molecule has 1 aromatic rings. The normalized spacial score (nSPS) is 15.4. The molecule has 0 atom stereocenters. The van der Waals surface area contributed by atoms with Crippen molar-refractivity contribution in [1.29, 1.82) is 0 Å². The van der Waals surface area contributed by atoms with Crippen molar-refractivity contribution < 1.29 is 17.5 Å². The first kappa shape index (κ1) is 20.2. The van der Waals surface area contributed by atoms with Gasteiger partial charge in [0.1, 0.15) is 0 Å². The first-order chi connectivity index (χ1) is 11.9. The Labute approximate surface area is 151 Å². The van der Waals surface area contributed by atoms with Crippen molar-refractivity contribution in [2.45, 2.75) is 64.7 Å². The minimum atomic E-state index is -3.15. The lowest BCUT2D eigenvalue weighted by Crippen LogP contribution is -2.34. The summed E-state index contributed by atoms with van der Waals surface area (Å²) in [5, 5.41) is 0. The van der Waals surface area contributed by atoms with Crippen LogP contribution in [0.15, 0.2) is 18.2 Å². The number of rotatable bonds is 11. The van der Waals surface area contributed by atoms with E-state index in [2.05, 4.69) is 0 Å². The summed E-state index contributed by atoms with van der Waals surface area (Å²) >= 11 is 0. The van der Waals surface area contributed by atoms with Gasteiger partial charge >= 0.3 is 0 Å². The molecule has 0 N–H and O–H groups in total. The van der Waals surface area contributed by atoms with Gasteiger partial charge in [0.25, 0.3) is 0 Å². The maximum absolute atomic E-state index is 14.1. The lowest BCUT2D eigenvalue weighted by Gasteiger charge is -2.32. The summed E-state index contributed by atoms with van der Waals surface area (Å²) in [6.45, 7) is 6.55. The lowest BCUT2D eigenvalue weighted by atomic mass is 9.77. The van der Waals surface area contributed by atoms with Crippen LogP contribution in [0.5, 0.6) is 5.75 Å². The fraction of sp³-hybridized carbons (Fsp3) is 0.700. The standard InChI is InChI=1S/C20H31FO3S/c1-4-7-12-25(22,23)15-20(5-2,6-3)17-10-11-18(21)19(13-17)24-14-16-8-9-16/h10-11,13,16H,4-9,12,14-15H2,1-3H3. The van der Waals surface area contributed by atoms with Gasteiger partial charge in [-0.05, 0) is 55.7 Å². The van der Waals surface area contributed by atoms with Crippen LogP contribution in [0.3, 0.4) is 0 Å². The van der Waals surface area contributed by atoms with Gasteiger partial charge in [-0.2, -0.15) is 0 Å². The number of hydrogen-bond acceptors (Lipinski definition) is 3. The molecule has 0 spiro atoms. The van der Waals surface area contributed by atoms with Gasteiger partial charge < -0.3 is 4.74 Å². The van der Waals surface area contributed by atoms with E-state index in [1.54, 1.807) is 12.1 Å². The van der Waals surface area contributed by atoms with Gasteiger partial charge in [0.15, 0.2) is 21.4 Å². The van der Waals surface area contributed by atoms with E-state index in [1.807, 2.05) is 20.8 Å². The molecule has 0 aliphatic heterocycles. The molecule has 5 heteroatoms. The van der Waals surface area contributed by atoms with Gasteiger partial charge in [-0.3, -0.25) is 0 Å². The van der Waals surface area contributed by atoms with Crippen LogP contribution in [0.4, 0.5) is 4.39 Å². The molecule has 0 heterocycles. The minimum absolute atomic E-state index is 0.112. The minimum Gasteiger partial charge on any atom is -0.490 e. The molecule has 142 valence electrons. The Bertz CT molecular complexity index is 662. The van der Waals surface area contributed by atoms with Crippen molar-refractivity contribution in [1.82, 2.24) is 0 Å². The van der Waals surface area contributed by atoms with Crippen LogP contribution in [0.25, 0.3) is 0 Å². The van der Waals surface area contributed by atoms with Crippen LogP contribution in [0.1, 0.15) is 64.9 Å². The van der Waals surface area contributed by atoms with E-state index >= 15 is 0 Å². The van der Waals surface area contributed by atoms with E-state index in [9.17, 15) is 12.8 Å². The largest absolute Gasteiger partial charge is 0.490 e. The third-order valence-corrected chi connectivity index (χ3v) is 7.28. The van der Waals surface area contributed by atoms with Crippen LogP contribution in [-0.2, 0) is 15.3 Å². The second kappa shape index (κ2) is 8.52. The summed E-state index contributed by atoms with van der Waals surface area (Å²) in [5.74, 6) is 0.749. The molecule has 1 saturated carbocycles. The Morgan fingerprint density at radius 3 is 2.44 bits per heavy atom. The summed E-state index contributed by atoms with van der Waals surface area (Å²) in [4.78, 5) is 0. The molecule has 0 bridgehead atoms. The van der Waals surface area contributed by atoms with E-state index in [0.29, 0.717) is 31.8 Å². The number of sulfone groups is 1.